The van der Waals surface area contributed by atoms with E-state index in [9.17, 15) is 9.90 Å². The van der Waals surface area contributed by atoms with Crippen LogP contribution in [-0.2, 0) is 0 Å². The fraction of sp³-hybridized carbons (Fsp3) is 0.273. The molecule has 0 aliphatic carbocycles. The van der Waals surface area contributed by atoms with Crippen molar-refractivity contribution < 1.29 is 9.90 Å². The molecule has 2 heterocycles. The number of aromatic amines is 1. The highest BCUT2D eigenvalue weighted by Gasteiger charge is 2.42. The zero-order valence-electron chi connectivity index (χ0n) is 16.7. The summed E-state index contributed by atoms with van der Waals surface area (Å²) in [5.41, 5.74) is 3.21. The molecule has 3 aromatic rings. The van der Waals surface area contributed by atoms with Gasteiger partial charge in [0.25, 0.3) is 5.91 Å². The second-order valence-corrected chi connectivity index (χ2v) is 8.50. The summed E-state index contributed by atoms with van der Waals surface area (Å²) >= 11 is 12.1. The van der Waals surface area contributed by atoms with Gasteiger partial charge in [0.15, 0.2) is 0 Å². The number of halogens is 2. The van der Waals surface area contributed by atoms with Crippen molar-refractivity contribution in [3.05, 3.63) is 69.3 Å². The van der Waals surface area contributed by atoms with Crippen molar-refractivity contribution >= 4 is 29.1 Å². The lowest BCUT2D eigenvalue weighted by molar-refractivity contribution is 0.0738. The van der Waals surface area contributed by atoms with Crippen LogP contribution in [0.2, 0.25) is 10.0 Å². The number of aromatic nitrogens is 2. The lowest BCUT2D eigenvalue weighted by atomic mass is 9.95. The van der Waals surface area contributed by atoms with E-state index in [1.807, 2.05) is 43.3 Å². The molecule has 156 valence electrons. The first-order valence-electron chi connectivity index (χ1n) is 9.65. The summed E-state index contributed by atoms with van der Waals surface area (Å²) in [4.78, 5) is 17.2. The van der Waals surface area contributed by atoms with Crippen LogP contribution in [0.25, 0.3) is 11.3 Å². The van der Waals surface area contributed by atoms with Gasteiger partial charge in [0, 0.05) is 27.7 Å². The molecule has 0 saturated carbocycles. The summed E-state index contributed by atoms with van der Waals surface area (Å²) in [6, 6.07) is 12.0. The van der Waals surface area contributed by atoms with Crippen LogP contribution in [0, 0.1) is 0 Å². The number of nitrogens with one attached hydrogen (secondary N) is 1. The Morgan fingerprint density at radius 1 is 1.13 bits per heavy atom. The third-order valence-electron chi connectivity index (χ3n) is 5.27. The summed E-state index contributed by atoms with van der Waals surface area (Å²) in [6.07, 6.45) is 0.835. The monoisotopic (exact) mass is 444 g/mol. The van der Waals surface area contributed by atoms with Crippen LogP contribution < -0.4 is 0 Å². The third-order valence-corrected chi connectivity index (χ3v) is 5.76. The Bertz CT molecular complexity index is 1080. The molecule has 2 N–H and O–H groups in total. The number of aromatic hydroxyl groups is 1. The van der Waals surface area contributed by atoms with E-state index in [0.29, 0.717) is 33.5 Å². The summed E-state index contributed by atoms with van der Waals surface area (Å²) in [7, 11) is 4.02. The molecule has 0 unspecified atom stereocenters. The second kappa shape index (κ2) is 8.30. The normalized spacial score (nSPS) is 15.8. The number of hydrogen-bond acceptors (Lipinski definition) is 4. The van der Waals surface area contributed by atoms with E-state index in [0.717, 1.165) is 24.1 Å². The van der Waals surface area contributed by atoms with Gasteiger partial charge in [-0.3, -0.25) is 9.89 Å². The predicted octanol–water partition coefficient (Wildman–Crippen LogP) is 4.59. The van der Waals surface area contributed by atoms with E-state index in [4.69, 9.17) is 23.2 Å². The number of benzene rings is 2. The van der Waals surface area contributed by atoms with Crippen LogP contribution in [0.15, 0.2) is 42.5 Å². The quantitative estimate of drug-likeness (QED) is 0.583. The molecule has 1 amide bonds. The molecule has 0 saturated heterocycles. The van der Waals surface area contributed by atoms with Gasteiger partial charge in [-0.05, 0) is 63.0 Å². The number of carbonyl (C=O) groups is 1. The number of amides is 1. The molecule has 30 heavy (non-hydrogen) atoms. The molecule has 0 spiro atoms. The molecule has 1 aliphatic heterocycles. The average Bonchev–Trinajstić information content (AvgIpc) is 3.22. The van der Waals surface area contributed by atoms with Gasteiger partial charge in [-0.15, -0.1) is 0 Å². The van der Waals surface area contributed by atoms with Crippen LogP contribution in [-0.4, -0.2) is 58.2 Å². The Morgan fingerprint density at radius 3 is 2.50 bits per heavy atom. The van der Waals surface area contributed by atoms with Crippen molar-refractivity contribution in [3.8, 4) is 17.0 Å². The minimum absolute atomic E-state index is 0.0187. The maximum Gasteiger partial charge on any atom is 0.273 e. The lowest BCUT2D eigenvalue weighted by Crippen LogP contribution is -2.32. The minimum Gasteiger partial charge on any atom is -0.507 e. The number of fused-ring (bicyclic) bond motifs is 1. The first-order chi connectivity index (χ1) is 14.4. The Hall–Kier alpha value is -2.54. The summed E-state index contributed by atoms with van der Waals surface area (Å²) in [6.45, 7) is 1.47. The van der Waals surface area contributed by atoms with E-state index >= 15 is 0 Å². The van der Waals surface area contributed by atoms with Gasteiger partial charge in [-0.2, -0.15) is 5.10 Å². The number of phenols is 1. The standard InChI is InChI=1S/C22H22Cl2N4O2/c1-27(2)10-3-11-28-21(13-4-6-14(23)7-5-13)18-19(25-26-20(18)22(28)30)16-9-8-15(24)12-17(16)29/h4-9,12,21,29H,3,10-11H2,1-2H3,(H,25,26)/t21-/m1/s1. The van der Waals surface area contributed by atoms with Crippen LogP contribution in [0.4, 0.5) is 0 Å². The molecule has 8 heteroatoms. The first kappa shape index (κ1) is 20.7. The van der Waals surface area contributed by atoms with Gasteiger partial charge in [0.2, 0.25) is 0 Å². The summed E-state index contributed by atoms with van der Waals surface area (Å²) in [5, 5.41) is 18.8. The second-order valence-electron chi connectivity index (χ2n) is 7.63. The lowest BCUT2D eigenvalue weighted by Gasteiger charge is -2.27. The number of hydrogen-bond donors (Lipinski definition) is 2. The van der Waals surface area contributed by atoms with Gasteiger partial charge in [0.05, 0.1) is 6.04 Å². The van der Waals surface area contributed by atoms with Crippen LogP contribution in [0.3, 0.4) is 0 Å². The number of phenolic OH excluding ortho intramolecular Hbond substituents is 1. The van der Waals surface area contributed by atoms with E-state index in [-0.39, 0.29) is 17.7 Å². The molecule has 6 nitrogen and oxygen atoms in total. The maximum absolute atomic E-state index is 13.2. The highest BCUT2D eigenvalue weighted by molar-refractivity contribution is 6.31. The molecule has 0 fully saturated rings. The van der Waals surface area contributed by atoms with E-state index in [1.165, 1.54) is 6.07 Å². The highest BCUT2D eigenvalue weighted by atomic mass is 35.5. The summed E-state index contributed by atoms with van der Waals surface area (Å²) < 4.78 is 0. The third kappa shape index (κ3) is 3.78. The molecule has 0 bridgehead atoms. The van der Waals surface area contributed by atoms with Gasteiger partial charge in [-0.1, -0.05) is 35.3 Å². The summed E-state index contributed by atoms with van der Waals surface area (Å²) in [5.74, 6) is -0.0823. The van der Waals surface area contributed by atoms with Crippen molar-refractivity contribution in [1.82, 2.24) is 20.0 Å². The molecule has 4 rings (SSSR count). The Morgan fingerprint density at radius 2 is 1.83 bits per heavy atom. The molecule has 1 aliphatic rings. The van der Waals surface area contributed by atoms with Gasteiger partial charge >= 0.3 is 0 Å². The van der Waals surface area contributed by atoms with Crippen LogP contribution >= 0.6 is 23.2 Å². The van der Waals surface area contributed by atoms with Crippen molar-refractivity contribution in [3.63, 3.8) is 0 Å². The van der Waals surface area contributed by atoms with Crippen molar-refractivity contribution in [2.24, 2.45) is 0 Å². The number of nitrogens with zero attached hydrogens (tertiary/aromatic N) is 3. The minimum atomic E-state index is -0.323. The molecular weight excluding hydrogens is 423 g/mol. The van der Waals surface area contributed by atoms with Crippen LogP contribution in [0.5, 0.6) is 5.75 Å². The van der Waals surface area contributed by atoms with E-state index in [1.54, 1.807) is 12.1 Å². The smallest absolute Gasteiger partial charge is 0.273 e. The molecule has 0 radical (unpaired) electrons. The highest BCUT2D eigenvalue weighted by Crippen LogP contribution is 2.44. The molecule has 1 atom stereocenters. The van der Waals surface area contributed by atoms with Crippen LogP contribution in [0.1, 0.15) is 34.1 Å². The molecule has 2 aromatic carbocycles. The SMILES string of the molecule is CN(C)CCCN1C(=O)c2[nH]nc(-c3ccc(Cl)cc3O)c2[C@H]1c1ccc(Cl)cc1. The number of carbonyl (C=O) groups excluding carboxylic acids is 1. The zero-order valence-corrected chi connectivity index (χ0v) is 18.2. The van der Waals surface area contributed by atoms with E-state index < -0.39 is 0 Å². The Labute approximate surface area is 185 Å². The Balaban J connectivity index is 1.81. The van der Waals surface area contributed by atoms with Gasteiger partial charge in [-0.25, -0.2) is 0 Å². The number of H-pyrrole nitrogens is 1. The van der Waals surface area contributed by atoms with Gasteiger partial charge in [0.1, 0.15) is 17.1 Å². The molecule has 1 aromatic heterocycles. The maximum atomic E-state index is 13.2. The topological polar surface area (TPSA) is 72.5 Å². The van der Waals surface area contributed by atoms with Crippen molar-refractivity contribution in [2.45, 2.75) is 12.5 Å². The van der Waals surface area contributed by atoms with Gasteiger partial charge < -0.3 is 14.9 Å². The van der Waals surface area contributed by atoms with E-state index in [2.05, 4.69) is 15.1 Å². The zero-order chi connectivity index (χ0) is 21.4. The fourth-order valence-corrected chi connectivity index (χ4v) is 4.18. The van der Waals surface area contributed by atoms with Crippen molar-refractivity contribution in [2.75, 3.05) is 27.2 Å². The Kier molecular flexibility index (Phi) is 5.73. The number of rotatable bonds is 6. The fourth-order valence-electron chi connectivity index (χ4n) is 3.89. The molecular formula is C22H22Cl2N4O2. The average molecular weight is 445 g/mol. The first-order valence-corrected chi connectivity index (χ1v) is 10.4. The predicted molar refractivity (Wildman–Crippen MR) is 118 cm³/mol. The largest absolute Gasteiger partial charge is 0.507 e. The van der Waals surface area contributed by atoms with Crippen molar-refractivity contribution in [1.29, 1.82) is 0 Å².